The Hall–Kier alpha value is -3.74. The van der Waals surface area contributed by atoms with Crippen LogP contribution in [0.3, 0.4) is 0 Å². The maximum atomic E-state index is 12.8. The van der Waals surface area contributed by atoms with E-state index in [1.54, 1.807) is 0 Å². The van der Waals surface area contributed by atoms with Crippen LogP contribution in [-0.4, -0.2) is 12.5 Å². The lowest BCUT2D eigenvalue weighted by atomic mass is 9.95. The van der Waals surface area contributed by atoms with Crippen LogP contribution < -0.4 is 16.0 Å². The smallest absolute Gasteiger partial charge is 0.366 e. The Kier molecular flexibility index (Phi) is 5.65. The standard InChI is InChI=1S/C25H22F3N3O/c1-16(31-14-13-22(24(29)32)21-7-2-3-8-23(21)31)17-5-4-6-20(15-17)30-19-11-9-18(10-12-19)25(26,27)28/h2-13,15-16,30H,14H2,1H3,(H2,29,32). The SMILES string of the molecule is CC(c1cccc(Nc2ccc(C(F)(F)F)cc2)c1)N1CC=C(C(N)=O)c2ccccc21. The number of primary amides is 1. The van der Waals surface area contributed by atoms with Gasteiger partial charge in [-0.3, -0.25) is 4.79 Å². The minimum atomic E-state index is -4.36. The summed E-state index contributed by atoms with van der Waals surface area (Å²) in [6.07, 6.45) is -2.52. The van der Waals surface area contributed by atoms with Gasteiger partial charge in [0.15, 0.2) is 0 Å². The van der Waals surface area contributed by atoms with Gasteiger partial charge in [0.05, 0.1) is 11.6 Å². The van der Waals surface area contributed by atoms with Gasteiger partial charge in [0.2, 0.25) is 5.91 Å². The van der Waals surface area contributed by atoms with Crippen LogP contribution in [0, 0.1) is 0 Å². The summed E-state index contributed by atoms with van der Waals surface area (Å²) in [4.78, 5) is 14.0. The third-order valence-corrected chi connectivity index (χ3v) is 5.60. The van der Waals surface area contributed by atoms with E-state index in [2.05, 4.69) is 17.1 Å². The van der Waals surface area contributed by atoms with Crippen molar-refractivity contribution in [3.8, 4) is 0 Å². The first-order valence-electron chi connectivity index (χ1n) is 10.1. The number of hydrogen-bond acceptors (Lipinski definition) is 3. The number of anilines is 3. The first kappa shape index (κ1) is 21.5. The van der Waals surface area contributed by atoms with Crippen molar-refractivity contribution in [3.05, 3.63) is 95.6 Å². The van der Waals surface area contributed by atoms with Gasteiger partial charge in [-0.1, -0.05) is 36.4 Å². The van der Waals surface area contributed by atoms with Gasteiger partial charge in [-0.25, -0.2) is 0 Å². The van der Waals surface area contributed by atoms with E-state index in [4.69, 9.17) is 5.73 Å². The van der Waals surface area contributed by atoms with Crippen molar-refractivity contribution < 1.29 is 18.0 Å². The lowest BCUT2D eigenvalue weighted by Gasteiger charge is -2.35. The Morgan fingerprint density at radius 3 is 2.41 bits per heavy atom. The quantitative estimate of drug-likeness (QED) is 0.523. The number of rotatable bonds is 5. The molecule has 164 valence electrons. The number of hydrogen-bond donors (Lipinski definition) is 2. The number of fused-ring (bicyclic) bond motifs is 1. The van der Waals surface area contributed by atoms with E-state index in [1.807, 2.05) is 54.6 Å². The van der Waals surface area contributed by atoms with Crippen LogP contribution in [0.4, 0.5) is 30.2 Å². The Balaban J connectivity index is 1.57. The molecule has 1 amide bonds. The van der Waals surface area contributed by atoms with Gasteiger partial charge in [-0.15, -0.1) is 0 Å². The first-order valence-corrected chi connectivity index (χ1v) is 10.1. The van der Waals surface area contributed by atoms with Gasteiger partial charge < -0.3 is 16.0 Å². The van der Waals surface area contributed by atoms with Crippen LogP contribution in [0.5, 0.6) is 0 Å². The summed E-state index contributed by atoms with van der Waals surface area (Å²) in [5.74, 6) is -0.451. The normalized spacial score (nSPS) is 14.4. The highest BCUT2D eigenvalue weighted by Gasteiger charge is 2.30. The Bertz CT molecular complexity index is 1170. The molecule has 3 aromatic carbocycles. The molecule has 1 heterocycles. The second kappa shape index (κ2) is 8.42. The highest BCUT2D eigenvalue weighted by molar-refractivity contribution is 6.21. The van der Waals surface area contributed by atoms with Gasteiger partial charge in [-0.2, -0.15) is 13.2 Å². The number of carbonyl (C=O) groups excluding carboxylic acids is 1. The monoisotopic (exact) mass is 437 g/mol. The van der Waals surface area contributed by atoms with Crippen LogP contribution in [-0.2, 0) is 11.0 Å². The summed E-state index contributed by atoms with van der Waals surface area (Å²) in [5, 5.41) is 3.16. The summed E-state index contributed by atoms with van der Waals surface area (Å²) >= 11 is 0. The molecule has 1 unspecified atom stereocenters. The molecule has 1 atom stereocenters. The second-order valence-electron chi connectivity index (χ2n) is 7.65. The summed E-state index contributed by atoms with van der Waals surface area (Å²) in [6, 6.07) is 20.3. The van der Waals surface area contributed by atoms with Crippen LogP contribution in [0.2, 0.25) is 0 Å². The largest absolute Gasteiger partial charge is 0.416 e. The van der Waals surface area contributed by atoms with Crippen molar-refractivity contribution in [1.29, 1.82) is 0 Å². The van der Waals surface area contributed by atoms with E-state index in [9.17, 15) is 18.0 Å². The number of amides is 1. The first-order chi connectivity index (χ1) is 15.2. The maximum absolute atomic E-state index is 12.8. The zero-order valence-electron chi connectivity index (χ0n) is 17.4. The molecular weight excluding hydrogens is 415 g/mol. The van der Waals surface area contributed by atoms with Gasteiger partial charge in [-0.05, 0) is 55.0 Å². The third kappa shape index (κ3) is 4.32. The van der Waals surface area contributed by atoms with Crippen molar-refractivity contribution in [3.63, 3.8) is 0 Å². The fourth-order valence-corrected chi connectivity index (χ4v) is 3.92. The lowest BCUT2D eigenvalue weighted by molar-refractivity contribution is -0.137. The minimum absolute atomic E-state index is 0.0174. The number of carbonyl (C=O) groups is 1. The average Bonchev–Trinajstić information content (AvgIpc) is 2.77. The highest BCUT2D eigenvalue weighted by atomic mass is 19.4. The van der Waals surface area contributed by atoms with E-state index in [0.29, 0.717) is 17.8 Å². The molecule has 0 saturated carbocycles. The number of para-hydroxylation sites is 1. The van der Waals surface area contributed by atoms with Crippen molar-refractivity contribution in [2.75, 3.05) is 16.8 Å². The van der Waals surface area contributed by atoms with Gasteiger partial charge >= 0.3 is 6.18 Å². The van der Waals surface area contributed by atoms with E-state index in [1.165, 1.54) is 12.1 Å². The molecule has 0 fully saturated rings. The number of nitrogens with one attached hydrogen (secondary N) is 1. The molecule has 3 aromatic rings. The third-order valence-electron chi connectivity index (χ3n) is 5.60. The zero-order valence-corrected chi connectivity index (χ0v) is 17.4. The van der Waals surface area contributed by atoms with Crippen molar-refractivity contribution in [1.82, 2.24) is 0 Å². The summed E-state index contributed by atoms with van der Waals surface area (Å²) in [7, 11) is 0. The molecular formula is C25H22F3N3O. The molecule has 0 aromatic heterocycles. The Morgan fingerprint density at radius 2 is 1.72 bits per heavy atom. The average molecular weight is 437 g/mol. The van der Waals surface area contributed by atoms with Gasteiger partial charge in [0, 0.05) is 34.7 Å². The summed E-state index contributed by atoms with van der Waals surface area (Å²) < 4.78 is 38.4. The minimum Gasteiger partial charge on any atom is -0.366 e. The molecule has 1 aliphatic rings. The number of nitrogens with two attached hydrogens (primary N) is 1. The molecule has 0 spiro atoms. The van der Waals surface area contributed by atoms with Crippen LogP contribution in [0.25, 0.3) is 5.57 Å². The molecule has 0 aliphatic carbocycles. The van der Waals surface area contributed by atoms with Gasteiger partial charge in [0.1, 0.15) is 0 Å². The topological polar surface area (TPSA) is 58.4 Å². The van der Waals surface area contributed by atoms with Crippen LogP contribution >= 0.6 is 0 Å². The van der Waals surface area contributed by atoms with E-state index < -0.39 is 17.6 Å². The van der Waals surface area contributed by atoms with Gasteiger partial charge in [0.25, 0.3) is 0 Å². The number of alkyl halides is 3. The zero-order chi connectivity index (χ0) is 22.9. The molecule has 4 nitrogen and oxygen atoms in total. The summed E-state index contributed by atoms with van der Waals surface area (Å²) in [6.45, 7) is 2.60. The molecule has 4 rings (SSSR count). The predicted octanol–water partition coefficient (Wildman–Crippen LogP) is 5.90. The fraction of sp³-hybridized carbons (Fsp3) is 0.160. The number of benzene rings is 3. The Labute approximate surface area is 184 Å². The molecule has 0 bridgehead atoms. The maximum Gasteiger partial charge on any atom is 0.416 e. The number of halogens is 3. The molecule has 7 heteroatoms. The van der Waals surface area contributed by atoms with Crippen molar-refractivity contribution >= 4 is 28.5 Å². The fourth-order valence-electron chi connectivity index (χ4n) is 3.92. The summed E-state index contributed by atoms with van der Waals surface area (Å²) in [5.41, 5.74) is 9.47. The lowest BCUT2D eigenvalue weighted by Crippen LogP contribution is -2.32. The van der Waals surface area contributed by atoms with Crippen molar-refractivity contribution in [2.45, 2.75) is 19.1 Å². The Morgan fingerprint density at radius 1 is 1.00 bits per heavy atom. The van der Waals surface area contributed by atoms with E-state index in [0.717, 1.165) is 34.6 Å². The molecule has 0 saturated heterocycles. The molecule has 3 N–H and O–H groups in total. The highest BCUT2D eigenvalue weighted by Crippen LogP contribution is 2.37. The van der Waals surface area contributed by atoms with Crippen molar-refractivity contribution in [2.24, 2.45) is 5.73 Å². The van der Waals surface area contributed by atoms with Crippen LogP contribution in [0.1, 0.15) is 29.7 Å². The molecule has 1 aliphatic heterocycles. The molecule has 32 heavy (non-hydrogen) atoms. The van der Waals surface area contributed by atoms with Crippen LogP contribution in [0.15, 0.2) is 78.9 Å². The van der Waals surface area contributed by atoms with E-state index >= 15 is 0 Å². The second-order valence-corrected chi connectivity index (χ2v) is 7.65. The number of nitrogens with zero attached hydrogens (tertiary/aromatic N) is 1. The molecule has 0 radical (unpaired) electrons. The predicted molar refractivity (Wildman–Crippen MR) is 121 cm³/mol. The van der Waals surface area contributed by atoms with E-state index in [-0.39, 0.29) is 6.04 Å².